The number of benzene rings is 1. The molecule has 2 aromatic rings. The number of nitrogens with one attached hydrogen (secondary N) is 2. The second-order valence-corrected chi connectivity index (χ2v) is 9.96. The van der Waals surface area contributed by atoms with Gasteiger partial charge in [0.2, 0.25) is 0 Å². The molecule has 4 rings (SSSR count). The summed E-state index contributed by atoms with van der Waals surface area (Å²) in [5.41, 5.74) is 0.974. The molecule has 0 radical (unpaired) electrons. The van der Waals surface area contributed by atoms with E-state index in [0.717, 1.165) is 25.1 Å². The van der Waals surface area contributed by atoms with Crippen molar-refractivity contribution in [2.75, 3.05) is 26.7 Å². The van der Waals surface area contributed by atoms with Crippen molar-refractivity contribution in [3.63, 3.8) is 0 Å². The average Bonchev–Trinajstić information content (AvgIpc) is 3.38. The number of hydrogen-bond donors (Lipinski definition) is 2. The van der Waals surface area contributed by atoms with E-state index >= 15 is 0 Å². The quantitative estimate of drug-likeness (QED) is 0.560. The van der Waals surface area contributed by atoms with Crippen LogP contribution in [0.3, 0.4) is 0 Å². The van der Waals surface area contributed by atoms with E-state index in [1.54, 1.807) is 31.7 Å². The number of alkyl halides is 3. The molecule has 35 heavy (non-hydrogen) atoms. The number of carbonyl (C=O) groups excluding carboxylic acids is 1. The molecular weight excluding hydrogens is 455 g/mol. The van der Waals surface area contributed by atoms with E-state index < -0.39 is 11.7 Å². The summed E-state index contributed by atoms with van der Waals surface area (Å²) in [4.78, 5) is 24.2. The lowest BCUT2D eigenvalue weighted by atomic mass is 9.88. The molecule has 9 heteroatoms. The number of nitrogens with zero attached hydrogens (tertiary/aromatic N) is 3. The fourth-order valence-corrected chi connectivity index (χ4v) is 5.76. The van der Waals surface area contributed by atoms with Crippen LogP contribution in [0.15, 0.2) is 30.7 Å². The van der Waals surface area contributed by atoms with Gasteiger partial charge in [0.15, 0.2) is 0 Å². The van der Waals surface area contributed by atoms with Crippen LogP contribution in [0.5, 0.6) is 0 Å². The van der Waals surface area contributed by atoms with Crippen LogP contribution in [-0.2, 0) is 6.18 Å². The fourth-order valence-electron chi connectivity index (χ4n) is 5.76. The fraction of sp³-hybridized carbons (Fsp3) is 0.615. The first-order chi connectivity index (χ1) is 16.8. The minimum Gasteiger partial charge on any atom is -0.347 e. The van der Waals surface area contributed by atoms with Gasteiger partial charge in [-0.15, -0.1) is 0 Å². The molecule has 1 aliphatic heterocycles. The largest absolute Gasteiger partial charge is 0.416 e. The van der Waals surface area contributed by atoms with Gasteiger partial charge >= 0.3 is 12.2 Å². The number of likely N-dealkylation sites (tertiary alicyclic amines) is 1. The number of imidazole rings is 1. The molecule has 1 unspecified atom stereocenters. The summed E-state index contributed by atoms with van der Waals surface area (Å²) in [5.74, 6) is 0.546. The van der Waals surface area contributed by atoms with Crippen LogP contribution in [0.4, 0.5) is 18.0 Å². The summed E-state index contributed by atoms with van der Waals surface area (Å²) in [7, 11) is 1.68. The Balaban J connectivity index is 1.52. The van der Waals surface area contributed by atoms with Crippen molar-refractivity contribution in [2.24, 2.45) is 5.92 Å². The van der Waals surface area contributed by atoms with E-state index in [-0.39, 0.29) is 23.7 Å². The third-order valence-electron chi connectivity index (χ3n) is 7.66. The second kappa shape index (κ2) is 11.0. The third kappa shape index (κ3) is 6.00. The first-order valence-electron chi connectivity index (χ1n) is 12.7. The number of hydrogen-bond acceptors (Lipinski definition) is 3. The molecule has 2 aliphatic rings. The summed E-state index contributed by atoms with van der Waals surface area (Å²) in [6.45, 7) is 3.63. The van der Waals surface area contributed by atoms with E-state index in [1.807, 2.05) is 4.90 Å². The van der Waals surface area contributed by atoms with Crippen LogP contribution in [0.2, 0.25) is 0 Å². The van der Waals surface area contributed by atoms with Crippen LogP contribution < -0.4 is 5.32 Å². The predicted molar refractivity (Wildman–Crippen MR) is 129 cm³/mol. The molecule has 1 saturated heterocycles. The molecule has 2 amide bonds. The van der Waals surface area contributed by atoms with Crippen LogP contribution in [0.25, 0.3) is 0 Å². The number of piperidine rings is 1. The molecule has 1 saturated carbocycles. The first-order valence-corrected chi connectivity index (χ1v) is 12.7. The smallest absolute Gasteiger partial charge is 0.347 e. The Morgan fingerprint density at radius 2 is 1.91 bits per heavy atom. The first kappa shape index (κ1) is 25.5. The van der Waals surface area contributed by atoms with Gasteiger partial charge in [-0.25, -0.2) is 9.78 Å². The SMILES string of the molecule is CNC(=O)N(CC1CCCCC1)C1CCN(C(c2ccc(C)c(C(F)(F)F)c2)c2cnc[nH]2)CC1. The van der Waals surface area contributed by atoms with Crippen LogP contribution in [0.1, 0.15) is 73.4 Å². The van der Waals surface area contributed by atoms with Crippen molar-refractivity contribution in [3.8, 4) is 0 Å². The van der Waals surface area contributed by atoms with Gasteiger partial charge in [-0.2, -0.15) is 13.2 Å². The Labute approximate surface area is 205 Å². The van der Waals surface area contributed by atoms with Crippen molar-refractivity contribution < 1.29 is 18.0 Å². The van der Waals surface area contributed by atoms with E-state index in [9.17, 15) is 18.0 Å². The average molecular weight is 492 g/mol. The lowest BCUT2D eigenvalue weighted by molar-refractivity contribution is -0.138. The number of carbonyl (C=O) groups is 1. The molecule has 192 valence electrons. The van der Waals surface area contributed by atoms with Crippen LogP contribution >= 0.6 is 0 Å². The molecule has 0 bridgehead atoms. The Morgan fingerprint density at radius 3 is 2.51 bits per heavy atom. The standard InChI is InChI=1S/C26H36F3N5O/c1-18-8-9-20(14-22(18)26(27,28)29)24(23-15-31-17-32-23)33-12-10-21(11-13-33)34(25(35)30-2)16-19-6-4-3-5-7-19/h8-9,14-15,17,19,21,24H,3-7,10-13,16H2,1-2H3,(H,30,35)(H,31,32). The maximum Gasteiger partial charge on any atom is 0.416 e. The molecule has 1 atom stereocenters. The number of aromatic nitrogens is 2. The maximum absolute atomic E-state index is 13.6. The lowest BCUT2D eigenvalue weighted by Gasteiger charge is -2.42. The van der Waals surface area contributed by atoms with E-state index in [0.29, 0.717) is 24.6 Å². The van der Waals surface area contributed by atoms with Gasteiger partial charge < -0.3 is 15.2 Å². The minimum atomic E-state index is -4.40. The molecule has 1 aromatic heterocycles. The zero-order valence-corrected chi connectivity index (χ0v) is 20.6. The zero-order valence-electron chi connectivity index (χ0n) is 20.6. The molecule has 2 N–H and O–H groups in total. The number of rotatable bonds is 6. The molecule has 1 aliphatic carbocycles. The highest BCUT2D eigenvalue weighted by atomic mass is 19.4. The molecular formula is C26H36F3N5O. The number of urea groups is 1. The number of halogens is 3. The van der Waals surface area contributed by atoms with Crippen molar-refractivity contribution in [1.29, 1.82) is 0 Å². The van der Waals surface area contributed by atoms with Gasteiger partial charge in [-0.05, 0) is 55.7 Å². The summed E-state index contributed by atoms with van der Waals surface area (Å²) in [6.07, 6.45) is 6.48. The topological polar surface area (TPSA) is 64.3 Å². The van der Waals surface area contributed by atoms with Gasteiger partial charge in [0.25, 0.3) is 0 Å². The van der Waals surface area contributed by atoms with E-state index in [4.69, 9.17) is 0 Å². The van der Waals surface area contributed by atoms with E-state index in [1.165, 1.54) is 45.1 Å². The second-order valence-electron chi connectivity index (χ2n) is 9.96. The highest BCUT2D eigenvalue weighted by Gasteiger charge is 2.36. The lowest BCUT2D eigenvalue weighted by Crippen LogP contribution is -2.52. The van der Waals surface area contributed by atoms with Gasteiger partial charge in [0.1, 0.15) is 0 Å². The van der Waals surface area contributed by atoms with Gasteiger partial charge in [0.05, 0.1) is 23.6 Å². The predicted octanol–water partition coefficient (Wildman–Crippen LogP) is 5.51. The third-order valence-corrected chi connectivity index (χ3v) is 7.66. The van der Waals surface area contributed by atoms with Gasteiger partial charge in [0, 0.05) is 38.9 Å². The highest BCUT2D eigenvalue weighted by Crippen LogP contribution is 2.37. The number of amides is 2. The van der Waals surface area contributed by atoms with Crippen molar-refractivity contribution in [3.05, 3.63) is 53.1 Å². The van der Waals surface area contributed by atoms with Crippen LogP contribution in [-0.4, -0.2) is 58.5 Å². The van der Waals surface area contributed by atoms with Gasteiger partial charge in [-0.3, -0.25) is 4.90 Å². The highest BCUT2D eigenvalue weighted by molar-refractivity contribution is 5.74. The monoisotopic (exact) mass is 491 g/mol. The Hall–Kier alpha value is -2.55. The summed E-state index contributed by atoms with van der Waals surface area (Å²) in [5, 5.41) is 2.81. The Kier molecular flexibility index (Phi) is 8.04. The Bertz CT molecular complexity index is 964. The maximum atomic E-state index is 13.6. The molecule has 1 aromatic carbocycles. The van der Waals surface area contributed by atoms with E-state index in [2.05, 4.69) is 20.2 Å². The summed E-state index contributed by atoms with van der Waals surface area (Å²) in [6, 6.07) is 4.33. The van der Waals surface area contributed by atoms with Crippen LogP contribution in [0, 0.1) is 12.8 Å². The van der Waals surface area contributed by atoms with Gasteiger partial charge in [-0.1, -0.05) is 31.4 Å². The summed E-state index contributed by atoms with van der Waals surface area (Å²) >= 11 is 0. The van der Waals surface area contributed by atoms with Crippen molar-refractivity contribution >= 4 is 6.03 Å². The van der Waals surface area contributed by atoms with Crippen molar-refractivity contribution in [2.45, 2.75) is 70.1 Å². The zero-order chi connectivity index (χ0) is 25.0. The number of aromatic amines is 1. The molecule has 2 fully saturated rings. The Morgan fingerprint density at radius 1 is 1.20 bits per heavy atom. The number of H-pyrrole nitrogens is 1. The number of aryl methyl sites for hydroxylation is 1. The van der Waals surface area contributed by atoms with Crippen molar-refractivity contribution in [1.82, 2.24) is 25.1 Å². The summed E-state index contributed by atoms with van der Waals surface area (Å²) < 4.78 is 40.9. The molecule has 0 spiro atoms. The molecule has 2 heterocycles. The normalized spacial score (nSPS) is 19.5. The minimum absolute atomic E-state index is 0.0347. The molecule has 6 nitrogen and oxygen atoms in total.